The molecule has 0 unspecified atom stereocenters. The summed E-state index contributed by atoms with van der Waals surface area (Å²) >= 11 is 1.33. The molecule has 8 heteroatoms. The molecule has 172 valence electrons. The van der Waals surface area contributed by atoms with Crippen LogP contribution in [0, 0.1) is 0 Å². The number of amides is 1. The second-order valence-corrected chi connectivity index (χ2v) is 8.28. The van der Waals surface area contributed by atoms with E-state index in [0.29, 0.717) is 18.3 Å². The number of hydrogen-bond acceptors (Lipinski definition) is 6. The minimum absolute atomic E-state index is 0.191. The van der Waals surface area contributed by atoms with Crippen LogP contribution in [0.3, 0.4) is 0 Å². The number of ether oxygens (including phenoxy) is 1. The van der Waals surface area contributed by atoms with Gasteiger partial charge in [-0.25, -0.2) is 5.43 Å². The highest BCUT2D eigenvalue weighted by Gasteiger charge is 2.14. The Hall–Kier alpha value is -3.91. The van der Waals surface area contributed by atoms with E-state index >= 15 is 0 Å². The minimum Gasteiger partial charge on any atom is -0.489 e. The highest BCUT2D eigenvalue weighted by atomic mass is 32.2. The number of nitrogens with one attached hydrogen (secondary N) is 1. The second-order valence-electron chi connectivity index (χ2n) is 7.34. The van der Waals surface area contributed by atoms with Crippen molar-refractivity contribution in [2.24, 2.45) is 5.10 Å². The van der Waals surface area contributed by atoms with Crippen molar-refractivity contribution in [2.45, 2.75) is 25.2 Å². The van der Waals surface area contributed by atoms with Crippen LogP contribution in [0.4, 0.5) is 0 Å². The van der Waals surface area contributed by atoms with Gasteiger partial charge in [-0.3, -0.25) is 4.79 Å². The molecule has 0 radical (unpaired) electrons. The van der Waals surface area contributed by atoms with Crippen molar-refractivity contribution < 1.29 is 9.53 Å². The lowest BCUT2D eigenvalue weighted by molar-refractivity contribution is -0.118. The third-order valence-corrected chi connectivity index (χ3v) is 5.90. The number of nitrogens with zero attached hydrogens (tertiary/aromatic N) is 4. The van der Waals surface area contributed by atoms with Crippen molar-refractivity contribution in [3.05, 3.63) is 96.1 Å². The highest BCUT2D eigenvalue weighted by molar-refractivity contribution is 7.99. The van der Waals surface area contributed by atoms with Crippen LogP contribution in [0.5, 0.6) is 5.75 Å². The highest BCUT2D eigenvalue weighted by Crippen LogP contribution is 2.23. The molecule has 0 saturated heterocycles. The van der Waals surface area contributed by atoms with Crippen molar-refractivity contribution in [2.75, 3.05) is 5.75 Å². The first kappa shape index (κ1) is 23.3. The number of benzene rings is 3. The summed E-state index contributed by atoms with van der Waals surface area (Å²) in [6.07, 6.45) is 1.60. The van der Waals surface area contributed by atoms with Gasteiger partial charge in [0, 0.05) is 12.1 Å². The average Bonchev–Trinajstić information content (AvgIpc) is 3.31. The zero-order chi connectivity index (χ0) is 23.6. The van der Waals surface area contributed by atoms with Gasteiger partial charge in [0.2, 0.25) is 0 Å². The largest absolute Gasteiger partial charge is 0.489 e. The number of carbonyl (C=O) groups excluding carboxylic acids is 1. The zero-order valence-corrected chi connectivity index (χ0v) is 19.6. The Morgan fingerprint density at radius 3 is 2.41 bits per heavy atom. The predicted octanol–water partition coefficient (Wildman–Crippen LogP) is 4.79. The Kier molecular flexibility index (Phi) is 8.08. The van der Waals surface area contributed by atoms with Gasteiger partial charge in [-0.15, -0.1) is 10.2 Å². The smallest absolute Gasteiger partial charge is 0.250 e. The number of thioether (sulfide) groups is 1. The molecule has 0 bridgehead atoms. The van der Waals surface area contributed by atoms with E-state index in [0.717, 1.165) is 28.3 Å². The van der Waals surface area contributed by atoms with Crippen LogP contribution in [-0.2, 0) is 17.9 Å². The minimum atomic E-state index is -0.212. The lowest BCUT2D eigenvalue weighted by atomic mass is 10.2. The predicted molar refractivity (Wildman–Crippen MR) is 135 cm³/mol. The van der Waals surface area contributed by atoms with Crippen LogP contribution in [-0.4, -0.2) is 32.6 Å². The van der Waals surface area contributed by atoms with Gasteiger partial charge in [-0.05, 0) is 42.3 Å². The van der Waals surface area contributed by atoms with Crippen LogP contribution in [0.25, 0.3) is 11.4 Å². The number of aromatic nitrogens is 3. The Balaban J connectivity index is 1.25. The second kappa shape index (κ2) is 11.8. The molecule has 1 amide bonds. The molecule has 0 aliphatic carbocycles. The Morgan fingerprint density at radius 2 is 1.71 bits per heavy atom. The number of rotatable bonds is 10. The maximum absolute atomic E-state index is 12.2. The molecule has 0 fully saturated rings. The van der Waals surface area contributed by atoms with Gasteiger partial charge in [-0.1, -0.05) is 72.4 Å². The van der Waals surface area contributed by atoms with Gasteiger partial charge >= 0.3 is 0 Å². The summed E-state index contributed by atoms with van der Waals surface area (Å²) < 4.78 is 7.78. The molecule has 3 aromatic carbocycles. The van der Waals surface area contributed by atoms with Crippen molar-refractivity contribution in [3.63, 3.8) is 0 Å². The molecule has 4 rings (SSSR count). The fourth-order valence-corrected chi connectivity index (χ4v) is 4.01. The van der Waals surface area contributed by atoms with E-state index < -0.39 is 0 Å². The Bertz CT molecular complexity index is 1230. The number of hydrazone groups is 1. The first-order chi connectivity index (χ1) is 16.7. The van der Waals surface area contributed by atoms with Crippen molar-refractivity contribution in [1.82, 2.24) is 20.2 Å². The van der Waals surface area contributed by atoms with Gasteiger partial charge < -0.3 is 9.30 Å². The summed E-state index contributed by atoms with van der Waals surface area (Å²) in [5.74, 6) is 1.55. The molecule has 1 heterocycles. The molecule has 7 nitrogen and oxygen atoms in total. The molecule has 34 heavy (non-hydrogen) atoms. The van der Waals surface area contributed by atoms with Gasteiger partial charge in [0.25, 0.3) is 5.91 Å². The van der Waals surface area contributed by atoms with Crippen molar-refractivity contribution >= 4 is 23.9 Å². The summed E-state index contributed by atoms with van der Waals surface area (Å²) in [6, 6.07) is 27.4. The number of carbonyl (C=O) groups is 1. The standard InChI is InChI=1S/C26H25N5O2S/c1-2-31-25(22-11-7-4-8-12-22)29-30-26(31)34-19-24(32)28-27-17-20-13-15-23(16-14-20)33-18-21-9-5-3-6-10-21/h3-17H,2,18-19H2,1H3,(H,28,32)/b27-17+. The molecule has 0 atom stereocenters. The Morgan fingerprint density at radius 1 is 1.00 bits per heavy atom. The molecular formula is C26H25N5O2S. The van der Waals surface area contributed by atoms with Gasteiger partial charge in [0.1, 0.15) is 12.4 Å². The molecule has 4 aromatic rings. The summed E-state index contributed by atoms with van der Waals surface area (Å²) in [5.41, 5.74) is 5.53. The van der Waals surface area contributed by atoms with Crippen LogP contribution in [0.15, 0.2) is 95.2 Å². The van der Waals surface area contributed by atoms with E-state index in [9.17, 15) is 4.79 Å². The van der Waals surface area contributed by atoms with E-state index in [1.54, 1.807) is 6.21 Å². The van der Waals surface area contributed by atoms with E-state index in [1.165, 1.54) is 11.8 Å². The summed E-state index contributed by atoms with van der Waals surface area (Å²) in [5, 5.41) is 13.3. The number of hydrogen-bond donors (Lipinski definition) is 1. The maximum atomic E-state index is 12.2. The molecule has 0 saturated carbocycles. The normalized spacial score (nSPS) is 11.0. The third kappa shape index (κ3) is 6.32. The van der Waals surface area contributed by atoms with Gasteiger partial charge in [0.15, 0.2) is 11.0 Å². The fraction of sp³-hybridized carbons (Fsp3) is 0.154. The van der Waals surface area contributed by atoms with Crippen LogP contribution >= 0.6 is 11.8 Å². The zero-order valence-electron chi connectivity index (χ0n) is 18.8. The van der Waals surface area contributed by atoms with Gasteiger partial charge in [-0.2, -0.15) is 5.10 Å². The first-order valence-electron chi connectivity index (χ1n) is 10.9. The van der Waals surface area contributed by atoms with Crippen molar-refractivity contribution in [1.29, 1.82) is 0 Å². The van der Waals surface area contributed by atoms with Crippen molar-refractivity contribution in [3.8, 4) is 17.1 Å². The lowest BCUT2D eigenvalue weighted by Gasteiger charge is -2.07. The van der Waals surface area contributed by atoms with E-state index in [2.05, 4.69) is 20.7 Å². The fourth-order valence-electron chi connectivity index (χ4n) is 3.21. The molecule has 0 aliphatic heterocycles. The maximum Gasteiger partial charge on any atom is 0.250 e. The quantitative estimate of drug-likeness (QED) is 0.204. The summed E-state index contributed by atoms with van der Waals surface area (Å²) in [7, 11) is 0. The molecule has 0 aliphatic rings. The van der Waals surface area contributed by atoms with E-state index in [4.69, 9.17) is 4.74 Å². The first-order valence-corrected chi connectivity index (χ1v) is 11.9. The van der Waals surface area contributed by atoms with Crippen LogP contribution < -0.4 is 10.2 Å². The Labute approximate surface area is 202 Å². The third-order valence-electron chi connectivity index (χ3n) is 4.93. The monoisotopic (exact) mass is 471 g/mol. The topological polar surface area (TPSA) is 81.4 Å². The van der Waals surface area contributed by atoms with Crippen LogP contribution in [0.1, 0.15) is 18.1 Å². The van der Waals surface area contributed by atoms with Crippen LogP contribution in [0.2, 0.25) is 0 Å². The average molecular weight is 472 g/mol. The lowest BCUT2D eigenvalue weighted by Crippen LogP contribution is -2.20. The SMILES string of the molecule is CCn1c(SCC(=O)N/N=C/c2ccc(OCc3ccccc3)cc2)nnc1-c1ccccc1. The molecule has 1 N–H and O–H groups in total. The van der Waals surface area contributed by atoms with E-state index in [-0.39, 0.29) is 11.7 Å². The van der Waals surface area contributed by atoms with E-state index in [1.807, 2.05) is 96.4 Å². The summed E-state index contributed by atoms with van der Waals surface area (Å²) in [4.78, 5) is 12.2. The molecular weight excluding hydrogens is 446 g/mol. The van der Waals surface area contributed by atoms with Gasteiger partial charge in [0.05, 0.1) is 12.0 Å². The summed E-state index contributed by atoms with van der Waals surface area (Å²) in [6.45, 7) is 3.26. The molecule has 1 aromatic heterocycles. The molecule has 0 spiro atoms.